The Kier molecular flexibility index (Phi) is 4.73. The predicted octanol–water partition coefficient (Wildman–Crippen LogP) is 4.34. The highest BCUT2D eigenvalue weighted by Crippen LogP contribution is 2.26. The molecule has 0 spiro atoms. The van der Waals surface area contributed by atoms with Crippen LogP contribution in [0.25, 0.3) is 11.0 Å². The predicted molar refractivity (Wildman–Crippen MR) is 93.7 cm³/mol. The monoisotopic (exact) mass is 373 g/mol. The van der Waals surface area contributed by atoms with Crippen LogP contribution in [0.15, 0.2) is 46.9 Å². The van der Waals surface area contributed by atoms with Gasteiger partial charge in [-0.1, -0.05) is 29.8 Å². The summed E-state index contributed by atoms with van der Waals surface area (Å²) in [6.45, 7) is 1.13. The van der Waals surface area contributed by atoms with Crippen LogP contribution in [-0.2, 0) is 4.74 Å². The van der Waals surface area contributed by atoms with Crippen molar-refractivity contribution in [2.45, 2.75) is 6.92 Å². The smallest absolute Gasteiger partial charge is 0.345 e. The van der Waals surface area contributed by atoms with Crippen molar-refractivity contribution >= 4 is 40.0 Å². The zero-order valence-corrected chi connectivity index (χ0v) is 14.3. The van der Waals surface area contributed by atoms with Gasteiger partial charge in [-0.15, -0.1) is 0 Å². The lowest BCUT2D eigenvalue weighted by Crippen LogP contribution is -2.15. The number of benzene rings is 2. The fraction of sp³-hybridized carbons (Fsp3) is 0.111. The molecule has 1 heterocycles. The number of nitrogens with zero attached hydrogens (tertiary/aromatic N) is 1. The van der Waals surface area contributed by atoms with E-state index in [2.05, 4.69) is 0 Å². The normalized spacial score (nSPS) is 10.7. The molecular formula is C18H12ClNO6. The third-order valence-electron chi connectivity index (χ3n) is 3.81. The number of fused-ring (bicyclic) bond motifs is 1. The summed E-state index contributed by atoms with van der Waals surface area (Å²) in [5.74, 6) is -1.44. The van der Waals surface area contributed by atoms with Gasteiger partial charge in [0.1, 0.15) is 11.1 Å². The van der Waals surface area contributed by atoms with E-state index in [9.17, 15) is 19.7 Å². The van der Waals surface area contributed by atoms with Crippen molar-refractivity contribution < 1.29 is 23.7 Å². The van der Waals surface area contributed by atoms with Crippen LogP contribution in [0.5, 0.6) is 0 Å². The number of ether oxygens (including phenoxy) is 1. The van der Waals surface area contributed by atoms with Crippen LogP contribution >= 0.6 is 11.6 Å². The molecule has 0 aliphatic heterocycles. The van der Waals surface area contributed by atoms with Gasteiger partial charge < -0.3 is 9.15 Å². The van der Waals surface area contributed by atoms with Crippen LogP contribution in [0.4, 0.5) is 5.69 Å². The van der Waals surface area contributed by atoms with Gasteiger partial charge in [0.05, 0.1) is 4.92 Å². The van der Waals surface area contributed by atoms with Crippen molar-refractivity contribution in [3.05, 3.63) is 74.5 Å². The Morgan fingerprint density at radius 3 is 2.65 bits per heavy atom. The van der Waals surface area contributed by atoms with Crippen LogP contribution in [0.1, 0.15) is 26.5 Å². The Balaban J connectivity index is 1.78. The Hall–Kier alpha value is -3.19. The maximum absolute atomic E-state index is 12.3. The SMILES string of the molecule is Cc1c(C(=O)COC(=O)c2ccc(Cl)cc2[N+](=O)[O-])oc2ccccc12. The fourth-order valence-electron chi connectivity index (χ4n) is 2.54. The molecule has 0 saturated carbocycles. The number of halogens is 1. The number of aryl methyl sites for hydroxylation is 1. The average molecular weight is 374 g/mol. The van der Waals surface area contributed by atoms with Crippen molar-refractivity contribution in [2.75, 3.05) is 6.61 Å². The van der Waals surface area contributed by atoms with E-state index in [1.165, 1.54) is 12.1 Å². The highest BCUT2D eigenvalue weighted by molar-refractivity contribution is 6.31. The van der Waals surface area contributed by atoms with E-state index in [-0.39, 0.29) is 16.3 Å². The molecule has 0 radical (unpaired) electrons. The zero-order chi connectivity index (χ0) is 18.8. The number of carbonyl (C=O) groups excluding carboxylic acids is 2. The standard InChI is InChI=1S/C18H12ClNO6/c1-10-12-4-2-3-5-16(12)26-17(10)15(21)9-25-18(22)13-7-6-11(19)8-14(13)20(23)24/h2-8H,9H2,1H3. The van der Waals surface area contributed by atoms with Crippen molar-refractivity contribution in [3.8, 4) is 0 Å². The van der Waals surface area contributed by atoms with Gasteiger partial charge in [0.2, 0.25) is 5.78 Å². The Labute approximate surface area is 152 Å². The largest absolute Gasteiger partial charge is 0.453 e. The van der Waals surface area contributed by atoms with Crippen molar-refractivity contribution in [1.82, 2.24) is 0 Å². The van der Waals surface area contributed by atoms with Gasteiger partial charge in [-0.25, -0.2) is 4.79 Å². The second-order valence-corrected chi connectivity index (χ2v) is 5.91. The van der Waals surface area contributed by atoms with Gasteiger partial charge in [-0.05, 0) is 25.1 Å². The Bertz CT molecular complexity index is 1040. The molecule has 132 valence electrons. The van der Waals surface area contributed by atoms with Crippen molar-refractivity contribution in [3.63, 3.8) is 0 Å². The van der Waals surface area contributed by atoms with Crippen LogP contribution in [0.2, 0.25) is 5.02 Å². The van der Waals surface area contributed by atoms with Crippen molar-refractivity contribution in [1.29, 1.82) is 0 Å². The highest BCUT2D eigenvalue weighted by atomic mass is 35.5. The maximum Gasteiger partial charge on any atom is 0.345 e. The lowest BCUT2D eigenvalue weighted by Gasteiger charge is -2.05. The molecule has 0 aliphatic rings. The van der Waals surface area contributed by atoms with Crippen LogP contribution in [0, 0.1) is 17.0 Å². The molecule has 26 heavy (non-hydrogen) atoms. The summed E-state index contributed by atoms with van der Waals surface area (Å²) in [4.78, 5) is 34.7. The number of esters is 1. The maximum atomic E-state index is 12.3. The quantitative estimate of drug-likeness (QED) is 0.285. The van der Waals surface area contributed by atoms with E-state index in [0.717, 1.165) is 11.5 Å². The lowest BCUT2D eigenvalue weighted by atomic mass is 10.1. The molecule has 3 aromatic rings. The number of ketones is 1. The summed E-state index contributed by atoms with van der Waals surface area (Å²) in [7, 11) is 0. The number of hydrogen-bond donors (Lipinski definition) is 0. The first-order valence-electron chi connectivity index (χ1n) is 7.51. The van der Waals surface area contributed by atoms with Crippen LogP contribution in [0.3, 0.4) is 0 Å². The molecule has 0 atom stereocenters. The summed E-state index contributed by atoms with van der Waals surface area (Å²) < 4.78 is 10.4. The first-order valence-corrected chi connectivity index (χ1v) is 7.88. The molecule has 8 heteroatoms. The van der Waals surface area contributed by atoms with Gasteiger partial charge in [-0.3, -0.25) is 14.9 Å². The minimum atomic E-state index is -0.990. The third kappa shape index (κ3) is 3.29. The van der Waals surface area contributed by atoms with Gasteiger partial charge in [-0.2, -0.15) is 0 Å². The Morgan fingerprint density at radius 1 is 1.23 bits per heavy atom. The molecule has 1 aromatic heterocycles. The molecule has 0 amide bonds. The second kappa shape index (κ2) is 6.97. The van der Waals surface area contributed by atoms with E-state index in [1.54, 1.807) is 19.1 Å². The van der Waals surface area contributed by atoms with Gasteiger partial charge >= 0.3 is 5.97 Å². The fourth-order valence-corrected chi connectivity index (χ4v) is 2.71. The van der Waals surface area contributed by atoms with E-state index in [0.29, 0.717) is 11.1 Å². The van der Waals surface area contributed by atoms with Gasteiger partial charge in [0.15, 0.2) is 12.4 Å². The molecular weight excluding hydrogens is 362 g/mol. The van der Waals surface area contributed by atoms with Gasteiger partial charge in [0.25, 0.3) is 5.69 Å². The molecule has 0 bridgehead atoms. The van der Waals surface area contributed by atoms with Crippen molar-refractivity contribution in [2.24, 2.45) is 0 Å². The van der Waals surface area contributed by atoms with E-state index in [1.807, 2.05) is 12.1 Å². The molecule has 2 aromatic carbocycles. The minimum absolute atomic E-state index is 0.0876. The molecule has 0 fully saturated rings. The second-order valence-electron chi connectivity index (χ2n) is 5.47. The summed E-state index contributed by atoms with van der Waals surface area (Å²) in [6.07, 6.45) is 0. The number of Topliss-reactive ketones (excluding diaryl/α,β-unsaturated/α-hetero) is 1. The zero-order valence-electron chi connectivity index (χ0n) is 13.5. The topological polar surface area (TPSA) is 99.7 Å². The van der Waals surface area contributed by atoms with E-state index < -0.39 is 29.0 Å². The Morgan fingerprint density at radius 2 is 1.96 bits per heavy atom. The summed E-state index contributed by atoms with van der Waals surface area (Å²) in [5.41, 5.74) is 0.413. The third-order valence-corrected chi connectivity index (χ3v) is 4.04. The lowest BCUT2D eigenvalue weighted by molar-refractivity contribution is -0.385. The number of hydrogen-bond acceptors (Lipinski definition) is 6. The molecule has 3 rings (SSSR count). The summed E-state index contributed by atoms with van der Waals surface area (Å²) in [5, 5.41) is 11.9. The summed E-state index contributed by atoms with van der Waals surface area (Å²) >= 11 is 5.71. The molecule has 0 unspecified atom stereocenters. The van der Waals surface area contributed by atoms with Crippen LogP contribution in [-0.4, -0.2) is 23.3 Å². The average Bonchev–Trinajstić information content (AvgIpc) is 2.96. The minimum Gasteiger partial charge on any atom is -0.453 e. The number of para-hydroxylation sites is 1. The number of nitro benzene ring substituents is 1. The summed E-state index contributed by atoms with van der Waals surface area (Å²) in [6, 6.07) is 10.7. The molecule has 7 nitrogen and oxygen atoms in total. The first kappa shape index (κ1) is 17.6. The number of furan rings is 1. The van der Waals surface area contributed by atoms with Gasteiger partial charge in [0, 0.05) is 22.0 Å². The number of nitro groups is 1. The number of carbonyl (C=O) groups is 2. The van der Waals surface area contributed by atoms with Crippen LogP contribution < -0.4 is 0 Å². The first-order chi connectivity index (χ1) is 12.4. The number of rotatable bonds is 5. The molecule has 0 aliphatic carbocycles. The molecule has 0 saturated heterocycles. The molecule has 0 N–H and O–H groups in total. The highest BCUT2D eigenvalue weighted by Gasteiger charge is 2.24. The van der Waals surface area contributed by atoms with E-state index in [4.69, 9.17) is 20.8 Å². The van der Waals surface area contributed by atoms with E-state index >= 15 is 0 Å².